The van der Waals surface area contributed by atoms with Gasteiger partial charge in [0.2, 0.25) is 10.0 Å². The minimum Gasteiger partial charge on any atom is -0.497 e. The van der Waals surface area contributed by atoms with Crippen molar-refractivity contribution in [2.24, 2.45) is 0 Å². The smallest absolute Gasteiger partial charge is 0.274 e. The molecule has 3 rings (SSSR count). The molecule has 3 aromatic rings. The van der Waals surface area contributed by atoms with E-state index in [1.807, 2.05) is 55.5 Å². The van der Waals surface area contributed by atoms with Crippen LogP contribution in [0.15, 0.2) is 54.6 Å². The second-order valence-electron chi connectivity index (χ2n) is 7.13. The molecule has 0 atom stereocenters. The highest BCUT2D eigenvalue weighted by Gasteiger charge is 2.19. The van der Waals surface area contributed by atoms with Gasteiger partial charge in [-0.1, -0.05) is 24.3 Å². The van der Waals surface area contributed by atoms with Gasteiger partial charge in [0.25, 0.3) is 5.91 Å². The molecule has 2 aromatic carbocycles. The summed E-state index contributed by atoms with van der Waals surface area (Å²) in [7, 11) is 0.0706. The Balaban J connectivity index is 2.00. The number of hydrogen-bond donors (Lipinski definition) is 1. The minimum absolute atomic E-state index is 0.162. The average molecular weight is 443 g/mol. The number of amides is 1. The molecule has 0 bridgehead atoms. The summed E-state index contributed by atoms with van der Waals surface area (Å²) in [6, 6.07) is 16.6. The van der Waals surface area contributed by atoms with Gasteiger partial charge in [0.1, 0.15) is 5.75 Å². The predicted molar refractivity (Wildman–Crippen MR) is 120 cm³/mol. The number of sulfonamides is 1. The van der Waals surface area contributed by atoms with Crippen molar-refractivity contribution < 1.29 is 17.9 Å². The lowest BCUT2D eigenvalue weighted by Gasteiger charge is -2.12. The standard InChI is InChI=1S/C22H26N4O4S/c1-5-25(2)22(27)20-14-21(26(24-20)18-10-12-19(30-3)13-11-18)17-8-6-16(7-9-17)15-23-31(4,28)29/h6-14,23H,5,15H2,1-4H3. The first-order valence-corrected chi connectivity index (χ1v) is 11.6. The Morgan fingerprint density at radius 1 is 1.13 bits per heavy atom. The lowest BCUT2D eigenvalue weighted by Crippen LogP contribution is -2.26. The lowest BCUT2D eigenvalue weighted by molar-refractivity contribution is 0.0796. The van der Waals surface area contributed by atoms with E-state index in [9.17, 15) is 13.2 Å². The van der Waals surface area contributed by atoms with Gasteiger partial charge >= 0.3 is 0 Å². The van der Waals surface area contributed by atoms with E-state index in [0.717, 1.165) is 34.5 Å². The van der Waals surface area contributed by atoms with Gasteiger partial charge in [0.15, 0.2) is 5.69 Å². The highest BCUT2D eigenvalue weighted by molar-refractivity contribution is 7.88. The van der Waals surface area contributed by atoms with Crippen LogP contribution in [0.3, 0.4) is 0 Å². The van der Waals surface area contributed by atoms with E-state index < -0.39 is 10.0 Å². The maximum absolute atomic E-state index is 12.7. The maximum atomic E-state index is 12.7. The topological polar surface area (TPSA) is 93.5 Å². The summed E-state index contributed by atoms with van der Waals surface area (Å²) in [6.07, 6.45) is 1.13. The normalized spacial score (nSPS) is 11.4. The van der Waals surface area contributed by atoms with Gasteiger partial charge in [0.05, 0.1) is 24.7 Å². The molecule has 8 nitrogen and oxygen atoms in total. The van der Waals surface area contributed by atoms with Crippen LogP contribution in [0.2, 0.25) is 0 Å². The van der Waals surface area contributed by atoms with Crippen molar-refractivity contribution in [3.8, 4) is 22.7 Å². The van der Waals surface area contributed by atoms with Crippen molar-refractivity contribution >= 4 is 15.9 Å². The first kappa shape index (κ1) is 22.5. The zero-order valence-corrected chi connectivity index (χ0v) is 18.8. The van der Waals surface area contributed by atoms with Crippen molar-refractivity contribution in [1.82, 2.24) is 19.4 Å². The van der Waals surface area contributed by atoms with Crippen LogP contribution < -0.4 is 9.46 Å². The van der Waals surface area contributed by atoms with Crippen LogP contribution in [0.25, 0.3) is 16.9 Å². The molecule has 0 unspecified atom stereocenters. The molecule has 0 spiro atoms. The zero-order chi connectivity index (χ0) is 22.6. The Hall–Kier alpha value is -3.17. The zero-order valence-electron chi connectivity index (χ0n) is 18.0. The van der Waals surface area contributed by atoms with E-state index in [1.165, 1.54) is 0 Å². The number of carbonyl (C=O) groups is 1. The summed E-state index contributed by atoms with van der Waals surface area (Å²) < 4.78 is 32.1. The molecule has 1 aromatic heterocycles. The SMILES string of the molecule is CCN(C)C(=O)c1cc(-c2ccc(CNS(C)(=O)=O)cc2)n(-c2ccc(OC)cc2)n1. The van der Waals surface area contributed by atoms with Gasteiger partial charge in [-0.15, -0.1) is 0 Å². The number of benzene rings is 2. The molecule has 0 radical (unpaired) electrons. The molecule has 164 valence electrons. The number of hydrogen-bond acceptors (Lipinski definition) is 5. The summed E-state index contributed by atoms with van der Waals surface area (Å²) in [5, 5.41) is 4.57. The van der Waals surface area contributed by atoms with Crippen LogP contribution in [0.4, 0.5) is 0 Å². The summed E-state index contributed by atoms with van der Waals surface area (Å²) >= 11 is 0. The fraction of sp³-hybridized carbons (Fsp3) is 0.273. The number of aromatic nitrogens is 2. The van der Waals surface area contributed by atoms with Gasteiger partial charge in [0, 0.05) is 25.7 Å². The quantitative estimate of drug-likeness (QED) is 0.579. The molecular formula is C22H26N4O4S. The number of nitrogens with zero attached hydrogens (tertiary/aromatic N) is 3. The third-order valence-corrected chi connectivity index (χ3v) is 5.52. The van der Waals surface area contributed by atoms with Crippen LogP contribution in [0.5, 0.6) is 5.75 Å². The fourth-order valence-corrected chi connectivity index (χ4v) is 3.39. The van der Waals surface area contributed by atoms with E-state index >= 15 is 0 Å². The number of carbonyl (C=O) groups excluding carboxylic acids is 1. The van der Waals surface area contributed by atoms with Crippen LogP contribution in [-0.4, -0.2) is 56.0 Å². The molecule has 1 amide bonds. The van der Waals surface area contributed by atoms with Gasteiger partial charge < -0.3 is 9.64 Å². The molecule has 0 fully saturated rings. The van der Waals surface area contributed by atoms with Crippen molar-refractivity contribution in [2.75, 3.05) is 27.0 Å². The van der Waals surface area contributed by atoms with Crippen molar-refractivity contribution in [3.63, 3.8) is 0 Å². The van der Waals surface area contributed by atoms with E-state index in [4.69, 9.17) is 4.74 Å². The van der Waals surface area contributed by atoms with Gasteiger partial charge in [-0.2, -0.15) is 5.10 Å². The molecule has 0 aliphatic rings. The lowest BCUT2D eigenvalue weighted by atomic mass is 10.1. The first-order valence-electron chi connectivity index (χ1n) is 9.75. The van der Waals surface area contributed by atoms with Crippen LogP contribution in [0, 0.1) is 0 Å². The van der Waals surface area contributed by atoms with Gasteiger partial charge in [-0.25, -0.2) is 17.8 Å². The van der Waals surface area contributed by atoms with Gasteiger partial charge in [-0.05, 0) is 42.8 Å². The molecule has 0 aliphatic carbocycles. The molecule has 1 N–H and O–H groups in total. The Morgan fingerprint density at radius 3 is 2.32 bits per heavy atom. The molecule has 0 aliphatic heterocycles. The Labute approximate surface area is 182 Å². The first-order chi connectivity index (χ1) is 14.7. The maximum Gasteiger partial charge on any atom is 0.274 e. The monoisotopic (exact) mass is 442 g/mol. The summed E-state index contributed by atoms with van der Waals surface area (Å²) in [4.78, 5) is 14.3. The van der Waals surface area contributed by atoms with Gasteiger partial charge in [-0.3, -0.25) is 4.79 Å². The van der Waals surface area contributed by atoms with E-state index in [1.54, 1.807) is 29.8 Å². The number of nitrogens with one attached hydrogen (secondary N) is 1. The van der Waals surface area contributed by atoms with Crippen molar-refractivity contribution in [2.45, 2.75) is 13.5 Å². The highest BCUT2D eigenvalue weighted by Crippen LogP contribution is 2.26. The fourth-order valence-electron chi connectivity index (χ4n) is 2.96. The minimum atomic E-state index is -3.27. The third-order valence-electron chi connectivity index (χ3n) is 4.85. The van der Waals surface area contributed by atoms with Crippen LogP contribution in [0.1, 0.15) is 23.0 Å². The molecule has 0 saturated heterocycles. The average Bonchev–Trinajstić information content (AvgIpc) is 3.22. The largest absolute Gasteiger partial charge is 0.497 e. The summed E-state index contributed by atoms with van der Waals surface area (Å²) in [5.41, 5.74) is 3.56. The number of methoxy groups -OCH3 is 1. The molecule has 0 saturated carbocycles. The van der Waals surface area contributed by atoms with E-state index in [2.05, 4.69) is 9.82 Å². The predicted octanol–water partition coefficient (Wildman–Crippen LogP) is 2.69. The second-order valence-corrected chi connectivity index (χ2v) is 8.97. The Bertz CT molecular complexity index is 1150. The summed E-state index contributed by atoms with van der Waals surface area (Å²) in [6.45, 7) is 2.69. The van der Waals surface area contributed by atoms with E-state index in [-0.39, 0.29) is 12.5 Å². The Kier molecular flexibility index (Phi) is 6.77. The third kappa shape index (κ3) is 5.50. The highest BCUT2D eigenvalue weighted by atomic mass is 32.2. The number of ether oxygens (including phenoxy) is 1. The molecular weight excluding hydrogens is 416 g/mol. The molecule has 9 heteroatoms. The second kappa shape index (κ2) is 9.32. The van der Waals surface area contributed by atoms with Crippen molar-refractivity contribution in [1.29, 1.82) is 0 Å². The molecule has 31 heavy (non-hydrogen) atoms. The van der Waals surface area contributed by atoms with E-state index in [0.29, 0.717) is 12.2 Å². The van der Waals surface area contributed by atoms with Crippen LogP contribution in [-0.2, 0) is 16.6 Å². The summed E-state index contributed by atoms with van der Waals surface area (Å²) in [5.74, 6) is 0.562. The molecule has 1 heterocycles. The Morgan fingerprint density at radius 2 is 1.77 bits per heavy atom. The number of rotatable bonds is 8. The van der Waals surface area contributed by atoms with Crippen molar-refractivity contribution in [3.05, 3.63) is 65.9 Å². The van der Waals surface area contributed by atoms with Crippen LogP contribution >= 0.6 is 0 Å².